The Morgan fingerprint density at radius 1 is 1.38 bits per heavy atom. The highest BCUT2D eigenvalue weighted by Gasteiger charge is 2.08. The Morgan fingerprint density at radius 2 is 2.05 bits per heavy atom. The van der Waals surface area contributed by atoms with Crippen molar-refractivity contribution in [3.05, 3.63) is 39.9 Å². The van der Waals surface area contributed by atoms with E-state index in [2.05, 4.69) is 5.32 Å². The van der Waals surface area contributed by atoms with Crippen LogP contribution >= 0.6 is 0 Å². The van der Waals surface area contributed by atoms with Gasteiger partial charge in [-0.05, 0) is 19.0 Å². The highest BCUT2D eigenvalue weighted by atomic mass is 16.6. The van der Waals surface area contributed by atoms with Gasteiger partial charge in [-0.25, -0.2) is 0 Å². The van der Waals surface area contributed by atoms with Crippen LogP contribution in [0.4, 0.5) is 5.69 Å². The second-order valence-electron chi connectivity index (χ2n) is 4.79. The van der Waals surface area contributed by atoms with Gasteiger partial charge in [-0.3, -0.25) is 19.8 Å². The van der Waals surface area contributed by atoms with Gasteiger partial charge in [0.25, 0.3) is 5.69 Å². The molecular weight excluding hydrogens is 274 g/mol. The van der Waals surface area contributed by atoms with Crippen molar-refractivity contribution < 1.29 is 14.5 Å². The molecule has 1 amide bonds. The molecule has 0 saturated heterocycles. The molecule has 0 unspecified atom stereocenters. The number of rotatable bonds is 9. The number of non-ortho nitro benzene ring substituents is 1. The predicted octanol–water partition coefficient (Wildman–Crippen LogP) is 1.18. The molecule has 0 aliphatic carbocycles. The lowest BCUT2D eigenvalue weighted by Gasteiger charge is -2.16. The first-order valence-corrected chi connectivity index (χ1v) is 6.70. The van der Waals surface area contributed by atoms with Crippen LogP contribution in [0.5, 0.6) is 0 Å². The van der Waals surface area contributed by atoms with Crippen molar-refractivity contribution in [3.8, 4) is 0 Å². The molecule has 116 valence electrons. The normalized spacial score (nSPS) is 10.6. The maximum absolute atomic E-state index is 11.7. The van der Waals surface area contributed by atoms with Gasteiger partial charge in [-0.2, -0.15) is 0 Å². The van der Waals surface area contributed by atoms with Gasteiger partial charge in [-0.15, -0.1) is 0 Å². The van der Waals surface area contributed by atoms with Gasteiger partial charge in [0.15, 0.2) is 0 Å². The summed E-state index contributed by atoms with van der Waals surface area (Å²) >= 11 is 0. The summed E-state index contributed by atoms with van der Waals surface area (Å²) in [6.07, 6.45) is 0.786. The molecule has 0 bridgehead atoms. The third-order valence-corrected chi connectivity index (χ3v) is 2.86. The van der Waals surface area contributed by atoms with E-state index in [-0.39, 0.29) is 18.1 Å². The highest BCUT2D eigenvalue weighted by molar-refractivity contribution is 5.77. The van der Waals surface area contributed by atoms with Crippen molar-refractivity contribution in [1.82, 2.24) is 10.2 Å². The van der Waals surface area contributed by atoms with Gasteiger partial charge in [0, 0.05) is 38.9 Å². The van der Waals surface area contributed by atoms with Gasteiger partial charge >= 0.3 is 0 Å². The zero-order valence-corrected chi connectivity index (χ0v) is 12.4. The molecule has 0 aliphatic heterocycles. The largest absolute Gasteiger partial charge is 0.385 e. The number of nitro groups is 1. The number of carbonyl (C=O) groups is 1. The van der Waals surface area contributed by atoms with E-state index in [0.29, 0.717) is 19.7 Å². The van der Waals surface area contributed by atoms with Crippen LogP contribution in [0.2, 0.25) is 0 Å². The Kier molecular flexibility index (Phi) is 7.34. The summed E-state index contributed by atoms with van der Waals surface area (Å²) in [6.45, 7) is 2.06. The van der Waals surface area contributed by atoms with E-state index < -0.39 is 4.92 Å². The number of ether oxygens (including phenoxy) is 1. The molecule has 0 fully saturated rings. The lowest BCUT2D eigenvalue weighted by atomic mass is 10.2. The second-order valence-corrected chi connectivity index (χ2v) is 4.79. The summed E-state index contributed by atoms with van der Waals surface area (Å²) in [7, 11) is 3.45. The monoisotopic (exact) mass is 295 g/mol. The average Bonchev–Trinajstić information content (AvgIpc) is 2.44. The number of nitro benzene ring substituents is 1. The maximum Gasteiger partial charge on any atom is 0.269 e. The maximum atomic E-state index is 11.7. The predicted molar refractivity (Wildman–Crippen MR) is 78.9 cm³/mol. The molecule has 7 nitrogen and oxygen atoms in total. The summed E-state index contributed by atoms with van der Waals surface area (Å²) in [5.41, 5.74) is 0.993. The fourth-order valence-corrected chi connectivity index (χ4v) is 1.84. The van der Waals surface area contributed by atoms with Crippen LogP contribution in [0.15, 0.2) is 24.3 Å². The number of amides is 1. The van der Waals surface area contributed by atoms with Crippen molar-refractivity contribution in [2.24, 2.45) is 0 Å². The molecule has 0 spiro atoms. The topological polar surface area (TPSA) is 84.7 Å². The molecular formula is C14H21N3O4. The number of nitrogens with zero attached hydrogens (tertiary/aromatic N) is 2. The van der Waals surface area contributed by atoms with Crippen LogP contribution in [-0.2, 0) is 16.1 Å². The molecule has 0 saturated carbocycles. The Morgan fingerprint density at radius 3 is 2.62 bits per heavy atom. The number of hydrogen-bond acceptors (Lipinski definition) is 5. The Labute approximate surface area is 124 Å². The van der Waals surface area contributed by atoms with Crippen LogP contribution in [-0.4, -0.2) is 49.6 Å². The van der Waals surface area contributed by atoms with Crippen LogP contribution < -0.4 is 5.32 Å². The van der Waals surface area contributed by atoms with Crippen LogP contribution in [0.1, 0.15) is 12.0 Å². The lowest BCUT2D eigenvalue weighted by Crippen LogP contribution is -2.35. The molecule has 0 aliphatic rings. The number of benzene rings is 1. The first-order valence-electron chi connectivity index (χ1n) is 6.70. The first-order chi connectivity index (χ1) is 10.0. The van der Waals surface area contributed by atoms with Crippen molar-refractivity contribution >= 4 is 11.6 Å². The minimum absolute atomic E-state index is 0.0458. The fourth-order valence-electron chi connectivity index (χ4n) is 1.84. The second kappa shape index (κ2) is 9.04. The molecule has 1 aromatic carbocycles. The van der Waals surface area contributed by atoms with E-state index in [1.807, 2.05) is 11.9 Å². The number of hydrogen-bond donors (Lipinski definition) is 1. The minimum Gasteiger partial charge on any atom is -0.385 e. The van der Waals surface area contributed by atoms with Gasteiger partial charge in [0.05, 0.1) is 11.5 Å². The summed E-state index contributed by atoms with van der Waals surface area (Å²) in [5, 5.41) is 13.4. The molecule has 1 rings (SSSR count). The summed E-state index contributed by atoms with van der Waals surface area (Å²) in [6, 6.07) is 6.33. The highest BCUT2D eigenvalue weighted by Crippen LogP contribution is 2.12. The van der Waals surface area contributed by atoms with Crippen LogP contribution in [0.3, 0.4) is 0 Å². The van der Waals surface area contributed by atoms with Crippen molar-refractivity contribution in [1.29, 1.82) is 0 Å². The molecule has 1 N–H and O–H groups in total. The number of likely N-dealkylation sites (N-methyl/N-ethyl adjacent to an activating group) is 1. The van der Waals surface area contributed by atoms with Gasteiger partial charge in [0.1, 0.15) is 0 Å². The third kappa shape index (κ3) is 6.82. The third-order valence-electron chi connectivity index (χ3n) is 2.86. The molecule has 0 atom stereocenters. The first kappa shape index (κ1) is 17.1. The Balaban J connectivity index is 2.33. The molecule has 21 heavy (non-hydrogen) atoms. The van der Waals surface area contributed by atoms with E-state index in [9.17, 15) is 14.9 Å². The standard InChI is InChI=1S/C14H21N3O4/c1-16(11-14(18)15-8-3-9-21-2)10-12-4-6-13(7-5-12)17(19)20/h4-7H,3,8-11H2,1-2H3,(H,15,18). The smallest absolute Gasteiger partial charge is 0.269 e. The molecule has 0 radical (unpaired) electrons. The van der Waals surface area contributed by atoms with Crippen LogP contribution in [0, 0.1) is 10.1 Å². The SMILES string of the molecule is COCCCNC(=O)CN(C)Cc1ccc([N+](=O)[O-])cc1. The summed E-state index contributed by atoms with van der Waals surface area (Å²) < 4.78 is 4.90. The quantitative estimate of drug-likeness (QED) is 0.420. The number of methoxy groups -OCH3 is 1. The fraction of sp³-hybridized carbons (Fsp3) is 0.500. The molecule has 0 heterocycles. The Bertz CT molecular complexity index is 462. The zero-order valence-electron chi connectivity index (χ0n) is 12.4. The van der Waals surface area contributed by atoms with Gasteiger partial charge < -0.3 is 10.1 Å². The van der Waals surface area contributed by atoms with E-state index in [4.69, 9.17) is 4.74 Å². The summed E-state index contributed by atoms with van der Waals surface area (Å²) in [5.74, 6) is -0.0458. The van der Waals surface area contributed by atoms with Crippen molar-refractivity contribution in [3.63, 3.8) is 0 Å². The van der Waals surface area contributed by atoms with Crippen molar-refractivity contribution in [2.75, 3.05) is 33.9 Å². The van der Waals surface area contributed by atoms with Crippen LogP contribution in [0.25, 0.3) is 0 Å². The van der Waals surface area contributed by atoms with E-state index in [1.54, 1.807) is 19.2 Å². The van der Waals surface area contributed by atoms with E-state index >= 15 is 0 Å². The van der Waals surface area contributed by atoms with Crippen molar-refractivity contribution in [2.45, 2.75) is 13.0 Å². The van der Waals surface area contributed by atoms with Gasteiger partial charge in [0.2, 0.25) is 5.91 Å². The molecule has 1 aromatic rings. The summed E-state index contributed by atoms with van der Waals surface area (Å²) in [4.78, 5) is 23.7. The number of carbonyl (C=O) groups excluding carboxylic acids is 1. The zero-order chi connectivity index (χ0) is 15.7. The minimum atomic E-state index is -0.430. The lowest BCUT2D eigenvalue weighted by molar-refractivity contribution is -0.384. The van der Waals surface area contributed by atoms with E-state index in [0.717, 1.165) is 12.0 Å². The van der Waals surface area contributed by atoms with Gasteiger partial charge in [-0.1, -0.05) is 12.1 Å². The average molecular weight is 295 g/mol. The molecule has 0 aromatic heterocycles. The number of nitrogens with one attached hydrogen (secondary N) is 1. The molecule has 7 heteroatoms. The van der Waals surface area contributed by atoms with E-state index in [1.165, 1.54) is 12.1 Å². The Hall–Kier alpha value is -1.99.